The van der Waals surface area contributed by atoms with E-state index < -0.39 is 41.8 Å². The van der Waals surface area contributed by atoms with Crippen LogP contribution in [0.25, 0.3) is 0 Å². The van der Waals surface area contributed by atoms with Crippen molar-refractivity contribution in [2.75, 3.05) is 11.5 Å². The van der Waals surface area contributed by atoms with Crippen LogP contribution in [-0.2, 0) is 24.0 Å². The lowest BCUT2D eigenvalue weighted by molar-refractivity contribution is -0.142. The molecule has 0 aromatic carbocycles. The summed E-state index contributed by atoms with van der Waals surface area (Å²) >= 11 is 0. The van der Waals surface area contributed by atoms with Crippen molar-refractivity contribution in [3.63, 3.8) is 0 Å². The Balaban J connectivity index is 3.07. The second-order valence-electron chi connectivity index (χ2n) is 9.58. The molecule has 0 radical (unpaired) electrons. The van der Waals surface area contributed by atoms with Gasteiger partial charge in [0.15, 0.2) is 0 Å². The molecule has 0 saturated carbocycles. The first kappa shape index (κ1) is 32.6. The Morgan fingerprint density at radius 3 is 2.38 bits per heavy atom. The van der Waals surface area contributed by atoms with E-state index in [9.17, 15) is 29.1 Å². The molecule has 208 valence electrons. The molecular formula is C25H40N4O6S2. The number of carbonyl (C=O) groups is 5. The van der Waals surface area contributed by atoms with Crippen LogP contribution in [0.4, 0.5) is 0 Å². The molecule has 0 fully saturated rings. The highest BCUT2D eigenvalue weighted by Gasteiger charge is 2.31. The van der Waals surface area contributed by atoms with Crippen molar-refractivity contribution < 1.29 is 29.1 Å². The molecule has 0 aromatic rings. The van der Waals surface area contributed by atoms with Gasteiger partial charge < -0.3 is 26.4 Å². The van der Waals surface area contributed by atoms with Gasteiger partial charge in [0.25, 0.3) is 5.91 Å². The van der Waals surface area contributed by atoms with Crippen LogP contribution in [0.2, 0.25) is 0 Å². The minimum Gasteiger partial charge on any atom is -0.480 e. The van der Waals surface area contributed by atoms with Gasteiger partial charge in [-0.15, -0.1) is 0 Å². The number of allylic oxidation sites excluding steroid dienone is 3. The summed E-state index contributed by atoms with van der Waals surface area (Å²) in [6.07, 6.45) is 6.42. The van der Waals surface area contributed by atoms with Crippen LogP contribution in [0.5, 0.6) is 0 Å². The minimum atomic E-state index is -1.18. The number of nitrogens with one attached hydrogen (secondary N) is 4. The van der Waals surface area contributed by atoms with Gasteiger partial charge in [-0.25, -0.2) is 4.79 Å². The van der Waals surface area contributed by atoms with Crippen molar-refractivity contribution in [1.29, 1.82) is 0 Å². The topological polar surface area (TPSA) is 154 Å². The predicted octanol–water partition coefficient (Wildman–Crippen LogP) is 2.22. The summed E-state index contributed by atoms with van der Waals surface area (Å²) in [5, 5.41) is 19.8. The van der Waals surface area contributed by atoms with Gasteiger partial charge >= 0.3 is 5.97 Å². The molecule has 5 N–H and O–H groups in total. The lowest BCUT2D eigenvalue weighted by Crippen LogP contribution is -2.56. The third-order valence-corrected chi connectivity index (χ3v) is 8.01. The summed E-state index contributed by atoms with van der Waals surface area (Å²) < 4.78 is 0. The van der Waals surface area contributed by atoms with Crippen molar-refractivity contribution in [3.8, 4) is 0 Å². The van der Waals surface area contributed by atoms with Crippen LogP contribution < -0.4 is 21.3 Å². The first-order valence-corrected chi connectivity index (χ1v) is 14.9. The zero-order chi connectivity index (χ0) is 28.1. The number of aliphatic carboxylic acids is 1. The lowest BCUT2D eigenvalue weighted by Gasteiger charge is -2.26. The van der Waals surface area contributed by atoms with Crippen molar-refractivity contribution in [3.05, 3.63) is 23.9 Å². The summed E-state index contributed by atoms with van der Waals surface area (Å²) in [5.41, 5.74) is -0.118. The molecule has 0 aromatic heterocycles. The van der Waals surface area contributed by atoms with E-state index in [0.717, 1.165) is 12.2 Å². The van der Waals surface area contributed by atoms with E-state index in [1.807, 2.05) is 19.1 Å². The summed E-state index contributed by atoms with van der Waals surface area (Å²) in [5.74, 6) is -2.85. The number of hydrogen-bond acceptors (Lipinski definition) is 7. The van der Waals surface area contributed by atoms with E-state index >= 15 is 0 Å². The molecular weight excluding hydrogens is 516 g/mol. The molecule has 0 saturated heterocycles. The molecule has 0 bridgehead atoms. The molecule has 1 aliphatic heterocycles. The molecule has 10 nitrogen and oxygen atoms in total. The SMILES string of the molecule is CC=C(NC(=O)[C@H]1CSSCCC=C[C@@H](C)CC(=O)N[C@H](C(C)C)C(=O)N1)C(=O)N[C@H](C(=O)O)C(C)C. The molecule has 0 aliphatic carbocycles. The second-order valence-corrected chi connectivity index (χ2v) is 12.2. The minimum absolute atomic E-state index is 0.0269. The molecule has 0 spiro atoms. The zero-order valence-corrected chi connectivity index (χ0v) is 24.0. The van der Waals surface area contributed by atoms with Gasteiger partial charge in [-0.3, -0.25) is 19.2 Å². The first-order valence-electron chi connectivity index (χ1n) is 12.4. The van der Waals surface area contributed by atoms with Crippen LogP contribution >= 0.6 is 21.6 Å². The number of carboxylic acid groups (broad SMARTS) is 1. The van der Waals surface area contributed by atoms with Crippen LogP contribution in [-0.4, -0.2) is 64.3 Å². The fraction of sp³-hybridized carbons (Fsp3) is 0.640. The van der Waals surface area contributed by atoms with Gasteiger partial charge in [0, 0.05) is 17.9 Å². The number of amides is 4. The van der Waals surface area contributed by atoms with E-state index in [-0.39, 0.29) is 41.5 Å². The first-order chi connectivity index (χ1) is 17.4. The van der Waals surface area contributed by atoms with Crippen LogP contribution in [0.15, 0.2) is 23.9 Å². The lowest BCUT2D eigenvalue weighted by atomic mass is 10.0. The van der Waals surface area contributed by atoms with Crippen molar-refractivity contribution in [2.24, 2.45) is 17.8 Å². The van der Waals surface area contributed by atoms with Gasteiger partial charge in [0.2, 0.25) is 17.7 Å². The summed E-state index contributed by atoms with van der Waals surface area (Å²) in [6, 6.07) is -2.96. The quantitative estimate of drug-likeness (QED) is 0.182. The number of carbonyl (C=O) groups excluding carboxylic acids is 4. The maximum atomic E-state index is 13.2. The fourth-order valence-electron chi connectivity index (χ4n) is 3.40. The van der Waals surface area contributed by atoms with E-state index in [0.29, 0.717) is 0 Å². The maximum absolute atomic E-state index is 13.2. The Kier molecular flexibility index (Phi) is 14.4. The largest absolute Gasteiger partial charge is 0.480 e. The van der Waals surface area contributed by atoms with Crippen LogP contribution in [0, 0.1) is 17.8 Å². The van der Waals surface area contributed by atoms with Gasteiger partial charge in [-0.05, 0) is 31.1 Å². The third-order valence-electron chi connectivity index (χ3n) is 5.57. The average molecular weight is 557 g/mol. The normalized spacial score (nSPS) is 23.4. The Bertz CT molecular complexity index is 890. The molecule has 12 heteroatoms. The second kappa shape index (κ2) is 16.4. The highest BCUT2D eigenvalue weighted by atomic mass is 33.1. The van der Waals surface area contributed by atoms with E-state index in [2.05, 4.69) is 21.3 Å². The van der Waals surface area contributed by atoms with E-state index in [1.54, 1.807) is 45.4 Å². The Labute approximate surface area is 227 Å². The van der Waals surface area contributed by atoms with Crippen molar-refractivity contribution >= 4 is 51.2 Å². The Hall–Kier alpha value is -2.47. The molecule has 4 amide bonds. The molecule has 37 heavy (non-hydrogen) atoms. The smallest absolute Gasteiger partial charge is 0.326 e. The predicted molar refractivity (Wildman–Crippen MR) is 147 cm³/mol. The van der Waals surface area contributed by atoms with Crippen LogP contribution in [0.3, 0.4) is 0 Å². The summed E-state index contributed by atoms with van der Waals surface area (Å²) in [6.45, 7) is 10.4. The molecule has 0 unspecified atom stereocenters. The van der Waals surface area contributed by atoms with Crippen molar-refractivity contribution in [2.45, 2.75) is 72.5 Å². The Morgan fingerprint density at radius 1 is 1.14 bits per heavy atom. The molecule has 4 atom stereocenters. The van der Waals surface area contributed by atoms with Gasteiger partial charge in [-0.1, -0.05) is 74.4 Å². The number of hydrogen-bond donors (Lipinski definition) is 5. The maximum Gasteiger partial charge on any atom is 0.326 e. The fourth-order valence-corrected chi connectivity index (χ4v) is 5.56. The van der Waals surface area contributed by atoms with E-state index in [1.165, 1.54) is 16.9 Å². The van der Waals surface area contributed by atoms with E-state index in [4.69, 9.17) is 0 Å². The van der Waals surface area contributed by atoms with Gasteiger partial charge in [0.1, 0.15) is 23.8 Å². The van der Waals surface area contributed by atoms with Crippen molar-refractivity contribution in [1.82, 2.24) is 21.3 Å². The Morgan fingerprint density at radius 2 is 1.81 bits per heavy atom. The highest BCUT2D eigenvalue weighted by Crippen LogP contribution is 2.23. The number of carboxylic acids is 1. The number of rotatable bonds is 7. The summed E-state index contributed by atoms with van der Waals surface area (Å²) in [4.78, 5) is 63.0. The molecule has 1 heterocycles. The highest BCUT2D eigenvalue weighted by molar-refractivity contribution is 8.76. The van der Waals surface area contributed by atoms with Crippen LogP contribution in [0.1, 0.15) is 54.4 Å². The monoisotopic (exact) mass is 556 g/mol. The third kappa shape index (κ3) is 11.6. The molecule has 1 aliphatic rings. The molecule has 1 rings (SSSR count). The summed E-state index contributed by atoms with van der Waals surface area (Å²) in [7, 11) is 2.97. The standard InChI is InChI=1S/C25H40N4O6S2/c1-7-17(22(31)29-21(15(4)5)25(34)35)26-23(32)18-13-37-36-11-9-8-10-16(6)12-19(30)28-20(14(2)3)24(33)27-18/h7-8,10,14-16,18,20-21H,9,11-13H2,1-6H3,(H,26,32)(H,27,33)(H,28,30)(H,29,31)(H,34,35)/t16-,18-,20-,21+/m1/s1. The average Bonchev–Trinajstić information content (AvgIpc) is 2.81. The van der Waals surface area contributed by atoms with Gasteiger partial charge in [0.05, 0.1) is 0 Å². The zero-order valence-electron chi connectivity index (χ0n) is 22.3. The van der Waals surface area contributed by atoms with Gasteiger partial charge in [-0.2, -0.15) is 0 Å².